The van der Waals surface area contributed by atoms with Crippen molar-refractivity contribution in [1.82, 2.24) is 15.5 Å². The van der Waals surface area contributed by atoms with E-state index in [-0.39, 0.29) is 18.4 Å². The molecule has 0 bridgehead atoms. The van der Waals surface area contributed by atoms with E-state index >= 15 is 0 Å². The van der Waals surface area contributed by atoms with Crippen LogP contribution in [-0.4, -0.2) is 34.8 Å². The third kappa shape index (κ3) is 5.81. The highest BCUT2D eigenvalue weighted by molar-refractivity contribution is 6.08. The molecule has 0 spiro atoms. The van der Waals surface area contributed by atoms with Crippen LogP contribution in [-0.2, 0) is 16.1 Å². The van der Waals surface area contributed by atoms with Crippen molar-refractivity contribution in [3.63, 3.8) is 0 Å². The molecule has 1 aromatic carbocycles. The molecule has 27 heavy (non-hydrogen) atoms. The number of rotatable bonds is 10. The number of benzene rings is 1. The number of hydrogen-bond acceptors (Lipinski definition) is 3. The average molecular weight is 373 g/mol. The molecule has 1 aliphatic rings. The van der Waals surface area contributed by atoms with Gasteiger partial charge in [0.05, 0.1) is 0 Å². The fourth-order valence-corrected chi connectivity index (χ4v) is 3.25. The zero-order chi connectivity index (χ0) is 19.9. The minimum atomic E-state index is -0.902. The number of hydrogen-bond donors (Lipinski definition) is 2. The maximum atomic E-state index is 12.7. The molecule has 0 saturated carbocycles. The van der Waals surface area contributed by atoms with Gasteiger partial charge in [0.1, 0.15) is 12.1 Å². The number of urea groups is 1. The molecular formula is C21H31N3O3. The van der Waals surface area contributed by atoms with Crippen molar-refractivity contribution < 1.29 is 14.4 Å². The minimum Gasteiger partial charge on any atom is -0.350 e. The van der Waals surface area contributed by atoms with Gasteiger partial charge in [-0.05, 0) is 25.8 Å². The summed E-state index contributed by atoms with van der Waals surface area (Å²) < 4.78 is 0. The first-order valence-corrected chi connectivity index (χ1v) is 9.82. The lowest BCUT2D eigenvalue weighted by Gasteiger charge is -2.21. The maximum absolute atomic E-state index is 12.7. The van der Waals surface area contributed by atoms with Crippen LogP contribution >= 0.6 is 0 Å². The van der Waals surface area contributed by atoms with Crippen LogP contribution in [0.25, 0.3) is 0 Å². The van der Waals surface area contributed by atoms with Gasteiger partial charge < -0.3 is 10.6 Å². The summed E-state index contributed by atoms with van der Waals surface area (Å²) in [6, 6.07) is 7.36. The largest absolute Gasteiger partial charge is 0.350 e. The fraction of sp³-hybridized carbons (Fsp3) is 0.571. The van der Waals surface area contributed by atoms with E-state index < -0.39 is 11.6 Å². The van der Waals surface area contributed by atoms with E-state index in [9.17, 15) is 14.4 Å². The van der Waals surface area contributed by atoms with Crippen LogP contribution in [0.5, 0.6) is 0 Å². The molecule has 1 saturated heterocycles. The Balaban J connectivity index is 1.82. The summed E-state index contributed by atoms with van der Waals surface area (Å²) in [5.74, 6) is -0.653. The summed E-state index contributed by atoms with van der Waals surface area (Å²) in [6.45, 7) is 6.03. The summed E-state index contributed by atoms with van der Waals surface area (Å²) in [5.41, 5.74) is 1.22. The van der Waals surface area contributed by atoms with Crippen molar-refractivity contribution in [2.24, 2.45) is 0 Å². The Labute approximate surface area is 161 Å². The van der Waals surface area contributed by atoms with Gasteiger partial charge in [0, 0.05) is 6.54 Å². The zero-order valence-electron chi connectivity index (χ0n) is 16.6. The molecule has 2 rings (SSSR count). The standard InChI is InChI=1S/C21H31N3O3/c1-4-5-6-7-8-13-21(3)19(26)24(20(27)23-21)15-18(25)22-14-17-11-9-16(2)10-12-17/h9-12H,4-8,13-15H2,1-3H3,(H,22,25)(H,23,27). The van der Waals surface area contributed by atoms with E-state index in [2.05, 4.69) is 17.6 Å². The number of unbranched alkanes of at least 4 members (excludes halogenated alkanes) is 4. The fourth-order valence-electron chi connectivity index (χ4n) is 3.25. The van der Waals surface area contributed by atoms with E-state index in [1.165, 1.54) is 12.8 Å². The number of carbonyl (C=O) groups excluding carboxylic acids is 3. The predicted octanol–water partition coefficient (Wildman–Crippen LogP) is 3.28. The average Bonchev–Trinajstić information content (AvgIpc) is 2.84. The van der Waals surface area contributed by atoms with Crippen LogP contribution < -0.4 is 10.6 Å². The van der Waals surface area contributed by atoms with Gasteiger partial charge in [0.2, 0.25) is 5.91 Å². The minimum absolute atomic E-state index is 0.248. The van der Waals surface area contributed by atoms with E-state index in [1.54, 1.807) is 6.92 Å². The molecule has 0 aromatic heterocycles. The summed E-state index contributed by atoms with van der Waals surface area (Å²) >= 11 is 0. The second-order valence-corrected chi connectivity index (χ2v) is 7.58. The highest BCUT2D eigenvalue weighted by Gasteiger charge is 2.47. The van der Waals surface area contributed by atoms with E-state index in [4.69, 9.17) is 0 Å². The Morgan fingerprint density at radius 3 is 2.44 bits per heavy atom. The SMILES string of the molecule is CCCCCCCC1(C)NC(=O)N(CC(=O)NCc2ccc(C)cc2)C1=O. The predicted molar refractivity (Wildman–Crippen MR) is 105 cm³/mol. The van der Waals surface area contributed by atoms with Crippen LogP contribution in [0, 0.1) is 6.92 Å². The molecule has 1 atom stereocenters. The molecule has 148 valence electrons. The van der Waals surface area contributed by atoms with Crippen molar-refractivity contribution in [2.75, 3.05) is 6.54 Å². The second-order valence-electron chi connectivity index (χ2n) is 7.58. The monoisotopic (exact) mass is 373 g/mol. The molecule has 0 aliphatic carbocycles. The van der Waals surface area contributed by atoms with Crippen LogP contribution in [0.1, 0.15) is 63.5 Å². The van der Waals surface area contributed by atoms with Crippen molar-refractivity contribution in [1.29, 1.82) is 0 Å². The lowest BCUT2D eigenvalue weighted by Crippen LogP contribution is -2.45. The van der Waals surface area contributed by atoms with Crippen LogP contribution in [0.2, 0.25) is 0 Å². The molecule has 0 radical (unpaired) electrons. The summed E-state index contributed by atoms with van der Waals surface area (Å²) in [4.78, 5) is 38.1. The molecular weight excluding hydrogens is 342 g/mol. The van der Waals surface area contributed by atoms with Crippen molar-refractivity contribution in [2.45, 2.75) is 71.4 Å². The van der Waals surface area contributed by atoms with Crippen LogP contribution in [0.15, 0.2) is 24.3 Å². The Kier molecular flexibility index (Phi) is 7.39. The molecule has 2 N–H and O–H groups in total. The summed E-state index contributed by atoms with van der Waals surface area (Å²) in [7, 11) is 0. The Morgan fingerprint density at radius 1 is 1.11 bits per heavy atom. The molecule has 6 heteroatoms. The van der Waals surface area contributed by atoms with Gasteiger partial charge in [-0.25, -0.2) is 4.79 Å². The number of imide groups is 1. The number of nitrogens with one attached hydrogen (secondary N) is 2. The Hall–Kier alpha value is -2.37. The lowest BCUT2D eigenvalue weighted by atomic mass is 9.94. The van der Waals surface area contributed by atoms with E-state index in [1.807, 2.05) is 31.2 Å². The number of carbonyl (C=O) groups is 3. The highest BCUT2D eigenvalue weighted by Crippen LogP contribution is 2.24. The van der Waals surface area contributed by atoms with Gasteiger partial charge >= 0.3 is 6.03 Å². The number of aryl methyl sites for hydroxylation is 1. The molecule has 1 unspecified atom stereocenters. The van der Waals surface area contributed by atoms with E-state index in [0.29, 0.717) is 13.0 Å². The normalized spacial score (nSPS) is 19.3. The molecule has 1 heterocycles. The summed E-state index contributed by atoms with van der Waals surface area (Å²) in [6.07, 6.45) is 6.02. The topological polar surface area (TPSA) is 78.5 Å². The molecule has 4 amide bonds. The molecule has 6 nitrogen and oxygen atoms in total. The molecule has 1 aliphatic heterocycles. The van der Waals surface area contributed by atoms with Gasteiger partial charge in [-0.1, -0.05) is 68.9 Å². The highest BCUT2D eigenvalue weighted by atomic mass is 16.2. The van der Waals surface area contributed by atoms with Crippen molar-refractivity contribution in [3.05, 3.63) is 35.4 Å². The number of amides is 4. The van der Waals surface area contributed by atoms with Crippen LogP contribution in [0.3, 0.4) is 0 Å². The smallest absolute Gasteiger partial charge is 0.325 e. The lowest BCUT2D eigenvalue weighted by molar-refractivity contribution is -0.134. The van der Waals surface area contributed by atoms with Gasteiger partial charge in [0.15, 0.2) is 0 Å². The maximum Gasteiger partial charge on any atom is 0.325 e. The third-order valence-electron chi connectivity index (χ3n) is 5.04. The van der Waals surface area contributed by atoms with Gasteiger partial charge in [-0.3, -0.25) is 14.5 Å². The molecule has 1 fully saturated rings. The van der Waals surface area contributed by atoms with Crippen LogP contribution in [0.4, 0.5) is 4.79 Å². The van der Waals surface area contributed by atoms with Gasteiger partial charge in [0.25, 0.3) is 5.91 Å². The van der Waals surface area contributed by atoms with Crippen molar-refractivity contribution in [3.8, 4) is 0 Å². The van der Waals surface area contributed by atoms with E-state index in [0.717, 1.165) is 35.3 Å². The zero-order valence-corrected chi connectivity index (χ0v) is 16.6. The third-order valence-corrected chi connectivity index (χ3v) is 5.04. The first-order chi connectivity index (χ1) is 12.9. The Morgan fingerprint density at radius 2 is 1.78 bits per heavy atom. The van der Waals surface area contributed by atoms with Gasteiger partial charge in [-0.2, -0.15) is 0 Å². The van der Waals surface area contributed by atoms with Gasteiger partial charge in [-0.15, -0.1) is 0 Å². The second kappa shape index (κ2) is 9.53. The quantitative estimate of drug-likeness (QED) is 0.488. The van der Waals surface area contributed by atoms with Crippen molar-refractivity contribution >= 4 is 17.8 Å². The number of nitrogens with zero attached hydrogens (tertiary/aromatic N) is 1. The molecule has 1 aromatic rings. The first-order valence-electron chi connectivity index (χ1n) is 9.82. The Bertz CT molecular complexity index is 672. The first kappa shape index (κ1) is 20.9. The summed E-state index contributed by atoms with van der Waals surface area (Å²) in [5, 5.41) is 5.53.